The summed E-state index contributed by atoms with van der Waals surface area (Å²) in [4.78, 5) is 12.7. The second kappa shape index (κ2) is 8.45. The molecule has 1 N–H and O–H groups in total. The van der Waals surface area contributed by atoms with Gasteiger partial charge in [-0.1, -0.05) is 41.2 Å². The normalized spacial score (nSPS) is 17.1. The Hall–Kier alpha value is -2.69. The van der Waals surface area contributed by atoms with Crippen molar-refractivity contribution in [1.82, 2.24) is 14.5 Å². The lowest BCUT2D eigenvalue weighted by Gasteiger charge is -2.23. The molecule has 1 unspecified atom stereocenters. The molecule has 1 aliphatic rings. The second-order valence-corrected chi connectivity index (χ2v) is 10.3. The van der Waals surface area contributed by atoms with Crippen LogP contribution in [0.1, 0.15) is 44.8 Å². The number of hydrogen-bond acceptors (Lipinski definition) is 6. The minimum atomic E-state index is -3.73. The van der Waals surface area contributed by atoms with Gasteiger partial charge in [0.25, 0.3) is 5.91 Å². The number of nitrogens with one attached hydrogen (secondary N) is 1. The van der Waals surface area contributed by atoms with E-state index in [2.05, 4.69) is 15.5 Å². The SMILES string of the molecule is Cc1ccc(S(=O)(=O)N2CCCC2c2nnc(C(=O)Nc3ccccc3F)s2)c(C)c1. The van der Waals surface area contributed by atoms with Crippen molar-refractivity contribution < 1.29 is 17.6 Å². The largest absolute Gasteiger partial charge is 0.317 e. The number of aryl methyl sites for hydroxylation is 2. The predicted octanol–water partition coefficient (Wildman–Crippen LogP) is 4.07. The molecule has 0 bridgehead atoms. The summed E-state index contributed by atoms with van der Waals surface area (Å²) in [5.41, 5.74) is 1.72. The van der Waals surface area contributed by atoms with Crippen molar-refractivity contribution in [2.75, 3.05) is 11.9 Å². The highest BCUT2D eigenvalue weighted by atomic mass is 32.2. The molecule has 1 fully saturated rings. The number of benzene rings is 2. The summed E-state index contributed by atoms with van der Waals surface area (Å²) < 4.78 is 41.9. The Bertz CT molecular complexity index is 1240. The van der Waals surface area contributed by atoms with Crippen molar-refractivity contribution in [2.45, 2.75) is 37.6 Å². The molecule has 4 rings (SSSR count). The van der Waals surface area contributed by atoms with E-state index < -0.39 is 27.8 Å². The van der Waals surface area contributed by atoms with Crippen LogP contribution >= 0.6 is 11.3 Å². The number of para-hydroxylation sites is 1. The first-order chi connectivity index (χ1) is 14.8. The number of carbonyl (C=O) groups excluding carboxylic acids is 1. The fourth-order valence-corrected chi connectivity index (χ4v) is 6.51. The van der Waals surface area contributed by atoms with Crippen LogP contribution in [-0.4, -0.2) is 35.4 Å². The van der Waals surface area contributed by atoms with Gasteiger partial charge in [0.15, 0.2) is 0 Å². The van der Waals surface area contributed by atoms with Crippen LogP contribution in [0, 0.1) is 19.7 Å². The Balaban J connectivity index is 1.58. The highest BCUT2D eigenvalue weighted by Gasteiger charge is 2.39. The third kappa shape index (κ3) is 4.23. The molecule has 1 saturated heterocycles. The Kier molecular flexibility index (Phi) is 5.87. The molecule has 0 spiro atoms. The minimum Gasteiger partial charge on any atom is -0.317 e. The van der Waals surface area contributed by atoms with Gasteiger partial charge in [-0.05, 0) is 50.5 Å². The highest BCUT2D eigenvalue weighted by Crippen LogP contribution is 2.38. The Morgan fingerprint density at radius 1 is 1.19 bits per heavy atom. The quantitative estimate of drug-likeness (QED) is 0.620. The molecule has 1 atom stereocenters. The summed E-state index contributed by atoms with van der Waals surface area (Å²) in [6.07, 6.45) is 1.28. The molecule has 7 nitrogen and oxygen atoms in total. The molecule has 3 aromatic rings. The summed E-state index contributed by atoms with van der Waals surface area (Å²) >= 11 is 1.02. The van der Waals surface area contributed by atoms with Gasteiger partial charge in [0.2, 0.25) is 15.0 Å². The maximum Gasteiger partial charge on any atom is 0.286 e. The van der Waals surface area contributed by atoms with Crippen LogP contribution in [0.4, 0.5) is 10.1 Å². The van der Waals surface area contributed by atoms with Crippen LogP contribution in [0.5, 0.6) is 0 Å². The van der Waals surface area contributed by atoms with Gasteiger partial charge in [-0.2, -0.15) is 4.31 Å². The van der Waals surface area contributed by atoms with E-state index in [0.717, 1.165) is 16.9 Å². The Morgan fingerprint density at radius 2 is 1.97 bits per heavy atom. The number of nitrogens with zero attached hydrogens (tertiary/aromatic N) is 3. The number of hydrogen-bond donors (Lipinski definition) is 1. The molecule has 31 heavy (non-hydrogen) atoms. The summed E-state index contributed by atoms with van der Waals surface area (Å²) in [6, 6.07) is 10.6. The summed E-state index contributed by atoms with van der Waals surface area (Å²) in [5, 5.41) is 11.0. The average Bonchev–Trinajstić information content (AvgIpc) is 3.39. The molecule has 1 aliphatic heterocycles. The Morgan fingerprint density at radius 3 is 2.71 bits per heavy atom. The number of amides is 1. The second-order valence-electron chi connectivity index (χ2n) is 7.42. The number of rotatable bonds is 5. The molecule has 0 radical (unpaired) electrons. The third-order valence-electron chi connectivity index (χ3n) is 5.16. The molecule has 10 heteroatoms. The van der Waals surface area contributed by atoms with Gasteiger partial charge < -0.3 is 5.32 Å². The molecular formula is C21H21FN4O3S2. The first-order valence-corrected chi connectivity index (χ1v) is 12.0. The van der Waals surface area contributed by atoms with Crippen LogP contribution in [-0.2, 0) is 10.0 Å². The smallest absolute Gasteiger partial charge is 0.286 e. The summed E-state index contributed by atoms with van der Waals surface area (Å²) in [6.45, 7) is 4.06. The van der Waals surface area contributed by atoms with Crippen LogP contribution in [0.15, 0.2) is 47.4 Å². The van der Waals surface area contributed by atoms with Crippen molar-refractivity contribution in [2.24, 2.45) is 0 Å². The van der Waals surface area contributed by atoms with Gasteiger partial charge >= 0.3 is 0 Å². The van der Waals surface area contributed by atoms with Crippen LogP contribution in [0.25, 0.3) is 0 Å². The fourth-order valence-electron chi connectivity index (χ4n) is 3.69. The van der Waals surface area contributed by atoms with Crippen molar-refractivity contribution in [3.8, 4) is 0 Å². The Labute approximate surface area is 184 Å². The van der Waals surface area contributed by atoms with Gasteiger partial charge in [-0.25, -0.2) is 12.8 Å². The van der Waals surface area contributed by atoms with Crippen molar-refractivity contribution in [3.05, 3.63) is 69.4 Å². The number of halogens is 1. The number of aromatic nitrogens is 2. The molecule has 2 heterocycles. The molecular weight excluding hydrogens is 439 g/mol. The zero-order valence-corrected chi connectivity index (χ0v) is 18.6. The van der Waals surface area contributed by atoms with Gasteiger partial charge in [-0.3, -0.25) is 4.79 Å². The molecule has 1 amide bonds. The summed E-state index contributed by atoms with van der Waals surface area (Å²) in [5.74, 6) is -1.14. The van der Waals surface area contributed by atoms with E-state index in [1.807, 2.05) is 13.0 Å². The maximum atomic E-state index is 13.8. The highest BCUT2D eigenvalue weighted by molar-refractivity contribution is 7.89. The molecule has 2 aromatic carbocycles. The van der Waals surface area contributed by atoms with E-state index in [9.17, 15) is 17.6 Å². The third-order valence-corrected chi connectivity index (χ3v) is 8.25. The first kappa shape index (κ1) is 21.5. The van der Waals surface area contributed by atoms with Gasteiger partial charge in [-0.15, -0.1) is 10.2 Å². The van der Waals surface area contributed by atoms with Gasteiger partial charge in [0.1, 0.15) is 10.8 Å². The van der Waals surface area contributed by atoms with Crippen LogP contribution in [0.2, 0.25) is 0 Å². The van der Waals surface area contributed by atoms with E-state index in [4.69, 9.17) is 0 Å². The minimum absolute atomic E-state index is 0.0455. The van der Waals surface area contributed by atoms with Crippen LogP contribution < -0.4 is 5.32 Å². The van der Waals surface area contributed by atoms with E-state index in [1.165, 1.54) is 22.5 Å². The predicted molar refractivity (Wildman–Crippen MR) is 116 cm³/mol. The molecule has 162 valence electrons. The van der Waals surface area contributed by atoms with Gasteiger partial charge in [0.05, 0.1) is 16.6 Å². The van der Waals surface area contributed by atoms with E-state index in [1.54, 1.807) is 25.1 Å². The lowest BCUT2D eigenvalue weighted by Crippen LogP contribution is -2.31. The van der Waals surface area contributed by atoms with Crippen LogP contribution in [0.3, 0.4) is 0 Å². The molecule has 1 aromatic heterocycles. The van der Waals surface area contributed by atoms with Crippen molar-refractivity contribution in [3.63, 3.8) is 0 Å². The molecule has 0 saturated carbocycles. The van der Waals surface area contributed by atoms with Crippen molar-refractivity contribution in [1.29, 1.82) is 0 Å². The zero-order valence-electron chi connectivity index (χ0n) is 17.0. The summed E-state index contributed by atoms with van der Waals surface area (Å²) in [7, 11) is -3.73. The topological polar surface area (TPSA) is 92.3 Å². The monoisotopic (exact) mass is 460 g/mol. The zero-order chi connectivity index (χ0) is 22.2. The molecule has 0 aliphatic carbocycles. The standard InChI is InChI=1S/C21H21FN4O3S2/c1-13-9-10-18(14(2)12-13)31(28,29)26-11-5-8-17(26)20-24-25-21(30-20)19(27)23-16-7-4-3-6-15(16)22/h3-4,6-7,9-10,12,17H,5,8,11H2,1-2H3,(H,23,27). The van der Waals surface area contributed by atoms with Gasteiger partial charge in [0, 0.05) is 6.54 Å². The lowest BCUT2D eigenvalue weighted by molar-refractivity contribution is 0.102. The van der Waals surface area contributed by atoms with E-state index >= 15 is 0 Å². The maximum absolute atomic E-state index is 13.8. The first-order valence-electron chi connectivity index (χ1n) is 9.76. The number of carbonyl (C=O) groups is 1. The lowest BCUT2D eigenvalue weighted by atomic mass is 10.2. The van der Waals surface area contributed by atoms with E-state index in [0.29, 0.717) is 30.0 Å². The average molecular weight is 461 g/mol. The van der Waals surface area contributed by atoms with Crippen molar-refractivity contribution >= 4 is 33.0 Å². The number of sulfonamides is 1. The van der Waals surface area contributed by atoms with E-state index in [-0.39, 0.29) is 15.6 Å². The fraction of sp³-hybridized carbons (Fsp3) is 0.286. The number of anilines is 1.